The molecule has 3 aliphatic heterocycles. The summed E-state index contributed by atoms with van der Waals surface area (Å²) in [5.41, 5.74) is -3.45. The van der Waals surface area contributed by atoms with Crippen LogP contribution in [0.1, 0.15) is 122 Å². The predicted molar refractivity (Wildman–Crippen MR) is 190 cm³/mol. The van der Waals surface area contributed by atoms with Crippen molar-refractivity contribution in [2.45, 2.75) is 156 Å². The molecule has 0 bridgehead atoms. The molecule has 2 N–H and O–H groups in total. The summed E-state index contributed by atoms with van der Waals surface area (Å²) in [5, 5.41) is 19.3. The molecule has 0 aliphatic carbocycles. The second-order valence-electron chi connectivity index (χ2n) is 16.5. The van der Waals surface area contributed by atoms with E-state index in [0.29, 0.717) is 11.6 Å². The highest BCUT2D eigenvalue weighted by molar-refractivity contribution is 9.10. The average Bonchev–Trinajstić information content (AvgIpc) is 3.37. The van der Waals surface area contributed by atoms with E-state index in [1.165, 1.54) is 0 Å². The highest BCUT2D eigenvalue weighted by Crippen LogP contribution is 2.43. The molecule has 3 aliphatic rings. The molecule has 0 aromatic carbocycles. The number of aliphatic hydroxyl groups is 2. The molecule has 2 aromatic heterocycles. The molecular formula is C32H54B3BrN4O8. The second-order valence-corrected chi connectivity index (χ2v) is 17.4. The van der Waals surface area contributed by atoms with Gasteiger partial charge >= 0.3 is 21.1 Å². The largest absolute Gasteiger partial charge is 0.498 e. The van der Waals surface area contributed by atoms with E-state index in [0.717, 1.165) is 9.94 Å². The molecule has 5 rings (SSSR count). The first-order valence-electron chi connectivity index (χ1n) is 16.2. The molecule has 16 heteroatoms. The Morgan fingerprint density at radius 1 is 0.500 bits per heavy atom. The first-order chi connectivity index (χ1) is 21.4. The molecule has 0 amide bonds. The van der Waals surface area contributed by atoms with Gasteiger partial charge in [0.05, 0.1) is 38.1 Å². The van der Waals surface area contributed by atoms with Crippen LogP contribution in [0.15, 0.2) is 29.3 Å². The molecule has 0 radical (unpaired) electrons. The molecule has 266 valence electrons. The fourth-order valence-corrected chi connectivity index (χ4v) is 4.59. The van der Waals surface area contributed by atoms with Gasteiger partial charge in [0.2, 0.25) is 0 Å². The number of aromatic nitrogens is 4. The van der Waals surface area contributed by atoms with E-state index >= 15 is 0 Å². The van der Waals surface area contributed by atoms with Gasteiger partial charge in [-0.2, -0.15) is 0 Å². The lowest BCUT2D eigenvalue weighted by Crippen LogP contribution is -2.41. The number of hydrogen-bond acceptors (Lipinski definition) is 12. The van der Waals surface area contributed by atoms with E-state index in [-0.39, 0.29) is 33.6 Å². The van der Waals surface area contributed by atoms with Crippen molar-refractivity contribution in [2.24, 2.45) is 0 Å². The lowest BCUT2D eigenvalue weighted by Gasteiger charge is -2.32. The molecule has 2 aromatic rings. The molecule has 5 heterocycles. The smallest absolute Gasteiger partial charge is 0.405 e. The van der Waals surface area contributed by atoms with Gasteiger partial charge in [0.15, 0.2) is 11.6 Å². The van der Waals surface area contributed by atoms with Crippen LogP contribution >= 0.6 is 15.9 Å². The Kier molecular flexibility index (Phi) is 11.6. The third-order valence-electron chi connectivity index (χ3n) is 9.68. The summed E-state index contributed by atoms with van der Waals surface area (Å²) < 4.78 is 36.5. The normalized spacial score (nSPS) is 23.3. The Balaban J connectivity index is 0.000000203. The zero-order valence-corrected chi connectivity index (χ0v) is 33.1. The SMILES string of the molecule is CC(C)(O)c1ncc(B2OC(C)(C)C(C)(C)O2)cn1.CC(C)(O)c1ncc(Br)cn1.CC1(C)OB(B2OC(C)(C)C(C)(C)O2)OC1(C)C. The molecule has 12 nitrogen and oxygen atoms in total. The van der Waals surface area contributed by atoms with Gasteiger partial charge in [0, 0.05) is 30.3 Å². The highest BCUT2D eigenvalue weighted by Gasteiger charge is 2.63. The molecule has 0 saturated carbocycles. The van der Waals surface area contributed by atoms with Gasteiger partial charge in [-0.3, -0.25) is 0 Å². The Labute approximate surface area is 296 Å². The van der Waals surface area contributed by atoms with Gasteiger partial charge in [0.1, 0.15) is 11.2 Å². The molecule has 3 fully saturated rings. The van der Waals surface area contributed by atoms with Gasteiger partial charge in [-0.05, 0) is 127 Å². The first-order valence-corrected chi connectivity index (χ1v) is 17.0. The molecule has 0 spiro atoms. The van der Waals surface area contributed by atoms with Crippen LogP contribution in [0.4, 0.5) is 0 Å². The Morgan fingerprint density at radius 2 is 0.750 bits per heavy atom. The van der Waals surface area contributed by atoms with Crippen LogP contribution in [0.3, 0.4) is 0 Å². The van der Waals surface area contributed by atoms with Gasteiger partial charge in [-0.25, -0.2) is 19.9 Å². The van der Waals surface area contributed by atoms with Crippen molar-refractivity contribution in [3.05, 3.63) is 40.9 Å². The van der Waals surface area contributed by atoms with Crippen LogP contribution in [-0.2, 0) is 39.1 Å². The molecule has 48 heavy (non-hydrogen) atoms. The van der Waals surface area contributed by atoms with Crippen LogP contribution in [0.5, 0.6) is 0 Å². The maximum absolute atomic E-state index is 9.82. The fraction of sp³-hybridized carbons (Fsp3) is 0.750. The maximum Gasteiger partial charge on any atom is 0.498 e. The van der Waals surface area contributed by atoms with Gasteiger partial charge in [0.25, 0.3) is 0 Å². The summed E-state index contributed by atoms with van der Waals surface area (Å²) >= 11 is 3.21. The lowest BCUT2D eigenvalue weighted by atomic mass is 9.49. The molecule has 0 unspecified atom stereocenters. The molecule has 0 atom stereocenters. The summed E-state index contributed by atoms with van der Waals surface area (Å²) in [6.45, 7) is 30.8. The van der Waals surface area contributed by atoms with Crippen LogP contribution in [0.2, 0.25) is 0 Å². The van der Waals surface area contributed by atoms with Crippen molar-refractivity contribution >= 4 is 42.5 Å². The third-order valence-corrected chi connectivity index (χ3v) is 10.1. The number of hydrogen-bond donors (Lipinski definition) is 2. The van der Waals surface area contributed by atoms with Gasteiger partial charge in [-0.15, -0.1) is 0 Å². The van der Waals surface area contributed by atoms with Crippen LogP contribution < -0.4 is 5.46 Å². The maximum atomic E-state index is 9.82. The number of halogens is 1. The van der Waals surface area contributed by atoms with Crippen molar-refractivity contribution < 1.29 is 38.1 Å². The monoisotopic (exact) mass is 734 g/mol. The van der Waals surface area contributed by atoms with Gasteiger partial charge < -0.3 is 38.1 Å². The lowest BCUT2D eigenvalue weighted by molar-refractivity contribution is 0.00578. The van der Waals surface area contributed by atoms with Crippen LogP contribution in [0, 0.1) is 0 Å². The third kappa shape index (κ3) is 9.24. The van der Waals surface area contributed by atoms with E-state index in [1.54, 1.807) is 52.5 Å². The molecule has 3 saturated heterocycles. The zero-order chi connectivity index (χ0) is 36.9. The Morgan fingerprint density at radius 3 is 1.02 bits per heavy atom. The first kappa shape index (κ1) is 40.9. The summed E-state index contributed by atoms with van der Waals surface area (Å²) in [6, 6.07) is 0. The van der Waals surface area contributed by atoms with E-state index < -0.39 is 32.3 Å². The molecular weight excluding hydrogens is 681 g/mol. The fourth-order valence-electron chi connectivity index (χ4n) is 4.38. The number of rotatable bonds is 4. The zero-order valence-electron chi connectivity index (χ0n) is 31.6. The quantitative estimate of drug-likeness (QED) is 0.419. The minimum atomic E-state index is -1.05. The minimum Gasteiger partial charge on any atom is -0.405 e. The minimum absolute atomic E-state index is 0.360. The van der Waals surface area contributed by atoms with Crippen LogP contribution in [0.25, 0.3) is 0 Å². The van der Waals surface area contributed by atoms with Crippen molar-refractivity contribution in [1.82, 2.24) is 19.9 Å². The van der Waals surface area contributed by atoms with E-state index in [9.17, 15) is 10.2 Å². The van der Waals surface area contributed by atoms with Gasteiger partial charge in [-0.1, -0.05) is 0 Å². The van der Waals surface area contributed by atoms with Crippen molar-refractivity contribution in [1.29, 1.82) is 0 Å². The van der Waals surface area contributed by atoms with Crippen molar-refractivity contribution in [2.75, 3.05) is 0 Å². The van der Waals surface area contributed by atoms with Crippen molar-refractivity contribution in [3.8, 4) is 0 Å². The van der Waals surface area contributed by atoms with E-state index in [1.807, 2.05) is 83.1 Å². The predicted octanol–water partition coefficient (Wildman–Crippen LogP) is 4.72. The number of nitrogens with zero attached hydrogens (tertiary/aromatic N) is 4. The average molecular weight is 735 g/mol. The topological polar surface area (TPSA) is 147 Å². The Bertz CT molecular complexity index is 1310. The van der Waals surface area contributed by atoms with E-state index in [2.05, 4.69) is 35.9 Å². The standard InChI is InChI=1S/C13H21BN2O3.C12H24B2O4.C7H9BrN2O/c1-11(2,17)10-15-7-9(8-16-10)14-18-12(3,4)13(5,6)19-14;1-9(2)10(3,4)16-13(15-9)14-17-11(5,6)12(7,8)18-14;1-7(2,11)6-9-3-5(8)4-10-6/h7-8,17H,1-6H3;1-8H3;3-4,11H,1-2H3. The summed E-state index contributed by atoms with van der Waals surface area (Å²) in [7, 11) is -1.42. The van der Waals surface area contributed by atoms with Crippen molar-refractivity contribution in [3.63, 3.8) is 0 Å². The highest BCUT2D eigenvalue weighted by atomic mass is 79.9. The summed E-state index contributed by atoms with van der Waals surface area (Å²) in [5.74, 6) is 0.813. The Hall–Kier alpha value is -1.49. The van der Waals surface area contributed by atoms with Crippen LogP contribution in [-0.4, -0.2) is 84.9 Å². The summed E-state index contributed by atoms with van der Waals surface area (Å²) in [4.78, 5) is 16.2. The van der Waals surface area contributed by atoms with E-state index in [4.69, 9.17) is 27.9 Å². The summed E-state index contributed by atoms with van der Waals surface area (Å²) in [6.07, 6.45) is 6.51. The second kappa shape index (κ2) is 13.6.